The highest BCUT2D eigenvalue weighted by Crippen LogP contribution is 2.18. The monoisotopic (exact) mass is 277 g/mol. The smallest absolute Gasteiger partial charge is 0.182 e. The maximum absolute atomic E-state index is 12.2. The molecule has 2 aromatic rings. The van der Waals surface area contributed by atoms with Crippen LogP contribution in [-0.4, -0.2) is 15.6 Å². The highest BCUT2D eigenvalue weighted by atomic mass is 35.5. The fourth-order valence-electron chi connectivity index (χ4n) is 2.00. The van der Waals surface area contributed by atoms with Crippen molar-refractivity contribution in [2.45, 2.75) is 26.3 Å². The van der Waals surface area contributed by atoms with Gasteiger partial charge in [0.2, 0.25) is 0 Å². The number of carbonyl (C=O) groups is 1. The van der Waals surface area contributed by atoms with Crippen molar-refractivity contribution in [3.05, 3.63) is 46.7 Å². The van der Waals surface area contributed by atoms with Gasteiger partial charge in [0, 0.05) is 18.7 Å². The largest absolute Gasteiger partial charge is 0.399 e. The van der Waals surface area contributed by atoms with Crippen LogP contribution in [0.5, 0.6) is 0 Å². The second kappa shape index (κ2) is 5.89. The highest BCUT2D eigenvalue weighted by molar-refractivity contribution is 6.33. The topological polar surface area (TPSA) is 60.9 Å². The maximum Gasteiger partial charge on any atom is 0.182 e. The van der Waals surface area contributed by atoms with E-state index in [1.807, 2.05) is 31.2 Å². The fourth-order valence-corrected chi connectivity index (χ4v) is 2.25. The Kier molecular flexibility index (Phi) is 4.22. The van der Waals surface area contributed by atoms with Crippen LogP contribution in [0.15, 0.2) is 30.5 Å². The molecule has 0 unspecified atom stereocenters. The molecule has 0 saturated heterocycles. The maximum atomic E-state index is 12.2. The first-order chi connectivity index (χ1) is 9.11. The number of nitrogens with zero attached hydrogens (tertiary/aromatic N) is 2. The average molecular weight is 278 g/mol. The van der Waals surface area contributed by atoms with E-state index in [-0.39, 0.29) is 5.78 Å². The number of hydrogen-bond acceptors (Lipinski definition) is 3. The average Bonchev–Trinajstić information content (AvgIpc) is 2.77. The van der Waals surface area contributed by atoms with E-state index in [4.69, 9.17) is 17.3 Å². The van der Waals surface area contributed by atoms with Crippen molar-refractivity contribution in [1.82, 2.24) is 9.78 Å². The number of anilines is 1. The van der Waals surface area contributed by atoms with Crippen molar-refractivity contribution >= 4 is 23.1 Å². The van der Waals surface area contributed by atoms with Gasteiger partial charge in [-0.2, -0.15) is 5.10 Å². The molecule has 1 aromatic heterocycles. The lowest BCUT2D eigenvalue weighted by atomic mass is 10.1. The lowest BCUT2D eigenvalue weighted by Crippen LogP contribution is -2.10. The van der Waals surface area contributed by atoms with E-state index >= 15 is 0 Å². The molecule has 0 bridgehead atoms. The van der Waals surface area contributed by atoms with Crippen molar-refractivity contribution in [3.63, 3.8) is 0 Å². The van der Waals surface area contributed by atoms with Gasteiger partial charge in [0.25, 0.3) is 0 Å². The van der Waals surface area contributed by atoms with Gasteiger partial charge in [0.15, 0.2) is 5.78 Å². The number of nitrogens with two attached hydrogens (primary N) is 1. The molecule has 19 heavy (non-hydrogen) atoms. The summed E-state index contributed by atoms with van der Waals surface area (Å²) in [4.78, 5) is 12.2. The number of nitrogen functional groups attached to an aromatic ring is 1. The summed E-state index contributed by atoms with van der Waals surface area (Å²) in [6, 6.07) is 7.56. The summed E-state index contributed by atoms with van der Waals surface area (Å²) in [6.07, 6.45) is 2.56. The molecule has 1 aromatic carbocycles. The summed E-state index contributed by atoms with van der Waals surface area (Å²) in [5, 5.41) is 4.48. The van der Waals surface area contributed by atoms with Gasteiger partial charge in [-0.05, 0) is 31.0 Å². The van der Waals surface area contributed by atoms with E-state index in [9.17, 15) is 4.79 Å². The van der Waals surface area contributed by atoms with E-state index in [0.29, 0.717) is 35.8 Å². The summed E-state index contributed by atoms with van der Waals surface area (Å²) in [5.74, 6) is 0.00627. The Balaban J connectivity index is 2.07. The first kappa shape index (κ1) is 13.6. The summed E-state index contributed by atoms with van der Waals surface area (Å²) in [5.41, 5.74) is 7.96. The Bertz CT molecular complexity index is 592. The Labute approximate surface area is 117 Å². The van der Waals surface area contributed by atoms with E-state index in [1.165, 1.54) is 6.20 Å². The van der Waals surface area contributed by atoms with Gasteiger partial charge < -0.3 is 5.73 Å². The second-order valence-corrected chi connectivity index (χ2v) is 4.73. The lowest BCUT2D eigenvalue weighted by Gasteiger charge is -2.05. The van der Waals surface area contributed by atoms with Crippen LogP contribution in [0, 0.1) is 0 Å². The number of halogens is 1. The number of aromatic nitrogens is 2. The minimum absolute atomic E-state index is 0.00627. The molecular weight excluding hydrogens is 262 g/mol. The minimum Gasteiger partial charge on any atom is -0.399 e. The van der Waals surface area contributed by atoms with Crippen LogP contribution in [-0.2, 0) is 13.0 Å². The number of aryl methyl sites for hydroxylation is 2. The molecule has 4 nitrogen and oxygen atoms in total. The fraction of sp³-hybridized carbons (Fsp3) is 0.286. The molecule has 0 atom stereocenters. The highest BCUT2D eigenvalue weighted by Gasteiger charge is 2.16. The number of carbonyl (C=O) groups excluding carboxylic acids is 1. The van der Waals surface area contributed by atoms with E-state index < -0.39 is 0 Å². The van der Waals surface area contributed by atoms with Gasteiger partial charge in [0.1, 0.15) is 5.69 Å². The molecule has 0 aliphatic rings. The summed E-state index contributed by atoms with van der Waals surface area (Å²) in [6.45, 7) is 2.56. The van der Waals surface area contributed by atoms with Crippen molar-refractivity contribution in [2.75, 3.05) is 5.73 Å². The first-order valence-electron chi connectivity index (χ1n) is 6.20. The molecular formula is C14H16ClN3O. The van der Waals surface area contributed by atoms with Crippen LogP contribution in [0.3, 0.4) is 0 Å². The Morgan fingerprint density at radius 1 is 1.47 bits per heavy atom. The van der Waals surface area contributed by atoms with Crippen LogP contribution in [0.25, 0.3) is 0 Å². The van der Waals surface area contributed by atoms with E-state index in [2.05, 4.69) is 5.10 Å². The predicted molar refractivity (Wildman–Crippen MR) is 76.4 cm³/mol. The van der Waals surface area contributed by atoms with Gasteiger partial charge in [-0.15, -0.1) is 0 Å². The molecule has 100 valence electrons. The molecule has 0 radical (unpaired) electrons. The van der Waals surface area contributed by atoms with Crippen molar-refractivity contribution in [2.24, 2.45) is 0 Å². The van der Waals surface area contributed by atoms with Crippen molar-refractivity contribution in [3.8, 4) is 0 Å². The zero-order valence-electron chi connectivity index (χ0n) is 10.8. The number of Topliss-reactive ketones (excluding diaryl/α,β-unsaturated/α-hetero) is 1. The molecule has 5 heteroatoms. The molecule has 2 N–H and O–H groups in total. The van der Waals surface area contributed by atoms with Crippen LogP contribution >= 0.6 is 11.6 Å². The van der Waals surface area contributed by atoms with Crippen LogP contribution in [0.4, 0.5) is 5.69 Å². The second-order valence-electron chi connectivity index (χ2n) is 4.33. The van der Waals surface area contributed by atoms with E-state index in [1.54, 1.807) is 4.68 Å². The summed E-state index contributed by atoms with van der Waals surface area (Å²) in [7, 11) is 0. The third-order valence-corrected chi connectivity index (χ3v) is 3.23. The third kappa shape index (κ3) is 3.15. The minimum atomic E-state index is 0.00627. The molecule has 0 aliphatic carbocycles. The molecule has 0 aliphatic heterocycles. The number of hydrogen-bond donors (Lipinski definition) is 1. The molecule has 0 amide bonds. The van der Waals surface area contributed by atoms with Gasteiger partial charge in [-0.25, -0.2) is 0 Å². The third-order valence-electron chi connectivity index (χ3n) is 2.95. The van der Waals surface area contributed by atoms with Gasteiger partial charge in [0.05, 0.1) is 11.2 Å². The number of ketones is 1. The molecule has 0 saturated carbocycles. The number of rotatable bonds is 5. The van der Waals surface area contributed by atoms with Gasteiger partial charge >= 0.3 is 0 Å². The lowest BCUT2D eigenvalue weighted by molar-refractivity contribution is 0.0972. The van der Waals surface area contributed by atoms with Gasteiger partial charge in [-0.1, -0.05) is 23.7 Å². The van der Waals surface area contributed by atoms with Crippen molar-refractivity contribution < 1.29 is 4.79 Å². The zero-order chi connectivity index (χ0) is 13.8. The summed E-state index contributed by atoms with van der Waals surface area (Å²) < 4.78 is 1.63. The predicted octanol–water partition coefficient (Wildman–Crippen LogP) is 2.95. The molecule has 1 heterocycles. The molecule has 0 fully saturated rings. The van der Waals surface area contributed by atoms with E-state index in [0.717, 1.165) is 5.56 Å². The first-order valence-corrected chi connectivity index (χ1v) is 6.58. The SMILES string of the molecule is CCn1ncc(Cl)c1C(=O)CCc1cccc(N)c1. The Hall–Kier alpha value is -1.81. The van der Waals surface area contributed by atoms with Crippen LogP contribution < -0.4 is 5.73 Å². The molecule has 2 rings (SSSR count). The molecule has 0 spiro atoms. The quantitative estimate of drug-likeness (QED) is 0.675. The normalized spacial score (nSPS) is 10.6. The Morgan fingerprint density at radius 3 is 2.95 bits per heavy atom. The van der Waals surface area contributed by atoms with Crippen LogP contribution in [0.2, 0.25) is 5.02 Å². The van der Waals surface area contributed by atoms with Crippen molar-refractivity contribution in [1.29, 1.82) is 0 Å². The van der Waals surface area contributed by atoms with Crippen LogP contribution in [0.1, 0.15) is 29.4 Å². The summed E-state index contributed by atoms with van der Waals surface area (Å²) >= 11 is 6.00. The Morgan fingerprint density at radius 2 is 2.26 bits per heavy atom. The van der Waals surface area contributed by atoms with Gasteiger partial charge in [-0.3, -0.25) is 9.48 Å². The number of benzene rings is 1. The zero-order valence-corrected chi connectivity index (χ0v) is 11.5. The standard InChI is InChI=1S/C14H16ClN3O/c1-2-18-14(12(15)9-17-18)13(19)7-6-10-4-3-5-11(16)8-10/h3-5,8-9H,2,6-7,16H2,1H3.